The van der Waals surface area contributed by atoms with Gasteiger partial charge in [-0.25, -0.2) is 0 Å². The summed E-state index contributed by atoms with van der Waals surface area (Å²) in [5.41, 5.74) is 0. The topological polar surface area (TPSA) is 38.3 Å². The van der Waals surface area contributed by atoms with Gasteiger partial charge in [-0.15, -0.1) is 0 Å². The maximum Gasteiger partial charge on any atom is 0.323 e. The predicted molar refractivity (Wildman–Crippen MR) is 37.6 cm³/mol. The lowest BCUT2D eigenvalue weighted by Crippen LogP contribution is -2.39. The zero-order chi connectivity index (χ0) is 7.40. The van der Waals surface area contributed by atoms with Crippen molar-refractivity contribution in [2.24, 2.45) is 0 Å². The van der Waals surface area contributed by atoms with E-state index in [-0.39, 0.29) is 12.0 Å². The van der Waals surface area contributed by atoms with E-state index in [4.69, 9.17) is 0 Å². The van der Waals surface area contributed by atoms with E-state index < -0.39 is 0 Å². The van der Waals surface area contributed by atoms with Gasteiger partial charge in [0, 0.05) is 6.54 Å². The molecule has 0 unspecified atom stereocenters. The quantitative estimate of drug-likeness (QED) is 0.415. The van der Waals surface area contributed by atoms with Gasteiger partial charge < -0.3 is 10.1 Å². The van der Waals surface area contributed by atoms with Crippen molar-refractivity contribution in [3.63, 3.8) is 0 Å². The molecule has 1 rings (SSSR count). The molecule has 56 valence electrons. The van der Waals surface area contributed by atoms with Crippen molar-refractivity contribution in [1.29, 1.82) is 0 Å². The number of nitrogens with one attached hydrogen (secondary N) is 1. The Labute approximate surface area is 60.1 Å². The van der Waals surface area contributed by atoms with Gasteiger partial charge in [0.25, 0.3) is 0 Å². The fourth-order valence-corrected chi connectivity index (χ4v) is 0.931. The van der Waals surface area contributed by atoms with Crippen LogP contribution in [0.5, 0.6) is 0 Å². The number of hydrogen-bond acceptors (Lipinski definition) is 3. The van der Waals surface area contributed by atoms with E-state index in [1.165, 1.54) is 7.11 Å². The molecule has 0 amide bonds. The predicted octanol–water partition coefficient (Wildman–Crippen LogP) is 0.0775. The van der Waals surface area contributed by atoms with E-state index in [1.807, 2.05) is 12.2 Å². The highest BCUT2D eigenvalue weighted by Crippen LogP contribution is 2.00. The fraction of sp³-hybridized carbons (Fsp3) is 0.571. The van der Waals surface area contributed by atoms with Crippen LogP contribution in [0.4, 0.5) is 0 Å². The van der Waals surface area contributed by atoms with Crippen LogP contribution in [0.3, 0.4) is 0 Å². The van der Waals surface area contributed by atoms with Crippen LogP contribution in [-0.4, -0.2) is 25.7 Å². The van der Waals surface area contributed by atoms with Gasteiger partial charge >= 0.3 is 5.97 Å². The van der Waals surface area contributed by atoms with Crippen molar-refractivity contribution >= 4 is 5.97 Å². The van der Waals surface area contributed by atoms with Crippen molar-refractivity contribution in [2.45, 2.75) is 12.5 Å². The molecule has 0 bridgehead atoms. The Kier molecular flexibility index (Phi) is 2.45. The highest BCUT2D eigenvalue weighted by atomic mass is 16.5. The number of carbonyl (C=O) groups is 1. The highest BCUT2D eigenvalue weighted by Gasteiger charge is 2.17. The number of ether oxygens (including phenoxy) is 1. The Morgan fingerprint density at radius 3 is 3.00 bits per heavy atom. The number of methoxy groups -OCH3 is 1. The van der Waals surface area contributed by atoms with Gasteiger partial charge in [0.05, 0.1) is 7.11 Å². The number of hydrogen-bond donors (Lipinski definition) is 1. The van der Waals surface area contributed by atoms with Crippen LogP contribution in [0.2, 0.25) is 0 Å². The van der Waals surface area contributed by atoms with Gasteiger partial charge in [0.2, 0.25) is 0 Å². The standard InChI is InChI=1S/C7H11NO2/c1-10-7(9)6-4-2-3-5-8-6/h2-3,6,8H,4-5H2,1H3/t6-/m0/s1. The summed E-state index contributed by atoms with van der Waals surface area (Å²) in [5, 5.41) is 3.01. The molecule has 0 aromatic rings. The van der Waals surface area contributed by atoms with E-state index in [0.717, 1.165) is 13.0 Å². The SMILES string of the molecule is COC(=O)[C@@H]1CC=CCN1. The summed E-state index contributed by atoms with van der Waals surface area (Å²) in [4.78, 5) is 10.8. The van der Waals surface area contributed by atoms with Crippen molar-refractivity contribution < 1.29 is 9.53 Å². The average Bonchev–Trinajstić information content (AvgIpc) is 2.05. The smallest absolute Gasteiger partial charge is 0.323 e. The molecule has 1 N–H and O–H groups in total. The second-order valence-corrected chi connectivity index (χ2v) is 2.19. The molecule has 1 atom stereocenters. The van der Waals surface area contributed by atoms with Gasteiger partial charge in [-0.05, 0) is 6.42 Å². The second kappa shape index (κ2) is 3.37. The zero-order valence-electron chi connectivity index (χ0n) is 5.96. The Balaban J connectivity index is 2.41. The number of rotatable bonds is 1. The summed E-state index contributed by atoms with van der Waals surface area (Å²) < 4.78 is 4.55. The van der Waals surface area contributed by atoms with Gasteiger partial charge in [-0.3, -0.25) is 4.79 Å². The zero-order valence-corrected chi connectivity index (χ0v) is 5.96. The molecule has 0 aromatic carbocycles. The molecule has 0 spiro atoms. The monoisotopic (exact) mass is 141 g/mol. The van der Waals surface area contributed by atoms with Crippen LogP contribution in [0, 0.1) is 0 Å². The normalized spacial score (nSPS) is 24.3. The fourth-order valence-electron chi connectivity index (χ4n) is 0.931. The van der Waals surface area contributed by atoms with Crippen LogP contribution in [-0.2, 0) is 9.53 Å². The average molecular weight is 141 g/mol. The first-order valence-corrected chi connectivity index (χ1v) is 3.31. The van der Waals surface area contributed by atoms with Crippen molar-refractivity contribution in [3.8, 4) is 0 Å². The molecular formula is C7H11NO2. The molecule has 0 saturated heterocycles. The third-order valence-corrected chi connectivity index (χ3v) is 1.51. The van der Waals surface area contributed by atoms with Crippen LogP contribution >= 0.6 is 0 Å². The lowest BCUT2D eigenvalue weighted by molar-refractivity contribution is -0.143. The molecule has 3 nitrogen and oxygen atoms in total. The Hall–Kier alpha value is -0.830. The summed E-state index contributed by atoms with van der Waals surface area (Å²) in [6.07, 6.45) is 4.73. The van der Waals surface area contributed by atoms with E-state index in [0.29, 0.717) is 0 Å². The van der Waals surface area contributed by atoms with Gasteiger partial charge in [-0.1, -0.05) is 12.2 Å². The Morgan fingerprint density at radius 2 is 2.50 bits per heavy atom. The Bertz CT molecular complexity index is 154. The van der Waals surface area contributed by atoms with Gasteiger partial charge in [0.15, 0.2) is 0 Å². The third-order valence-electron chi connectivity index (χ3n) is 1.51. The molecular weight excluding hydrogens is 130 g/mol. The molecule has 1 aliphatic heterocycles. The Morgan fingerprint density at radius 1 is 1.70 bits per heavy atom. The van der Waals surface area contributed by atoms with Crippen LogP contribution < -0.4 is 5.32 Å². The van der Waals surface area contributed by atoms with E-state index in [1.54, 1.807) is 0 Å². The third kappa shape index (κ3) is 1.57. The maximum absolute atomic E-state index is 10.8. The van der Waals surface area contributed by atoms with Gasteiger partial charge in [-0.2, -0.15) is 0 Å². The first kappa shape index (κ1) is 7.28. The molecule has 0 aliphatic carbocycles. The second-order valence-electron chi connectivity index (χ2n) is 2.19. The van der Waals surface area contributed by atoms with E-state index in [9.17, 15) is 4.79 Å². The molecule has 3 heteroatoms. The largest absolute Gasteiger partial charge is 0.468 e. The minimum absolute atomic E-state index is 0.130. The maximum atomic E-state index is 10.8. The molecule has 1 aliphatic rings. The lowest BCUT2D eigenvalue weighted by atomic mass is 10.1. The summed E-state index contributed by atoms with van der Waals surface area (Å²) in [6.45, 7) is 0.764. The van der Waals surface area contributed by atoms with Crippen LogP contribution in [0.15, 0.2) is 12.2 Å². The van der Waals surface area contributed by atoms with Crippen molar-refractivity contribution in [3.05, 3.63) is 12.2 Å². The summed E-state index contributed by atoms with van der Waals surface area (Å²) in [6, 6.07) is -0.130. The first-order valence-electron chi connectivity index (χ1n) is 3.31. The van der Waals surface area contributed by atoms with Crippen molar-refractivity contribution in [1.82, 2.24) is 5.32 Å². The van der Waals surface area contributed by atoms with E-state index >= 15 is 0 Å². The minimum Gasteiger partial charge on any atom is -0.468 e. The van der Waals surface area contributed by atoms with E-state index in [2.05, 4.69) is 10.1 Å². The van der Waals surface area contributed by atoms with Crippen LogP contribution in [0.1, 0.15) is 6.42 Å². The van der Waals surface area contributed by atoms with Crippen LogP contribution in [0.25, 0.3) is 0 Å². The number of carbonyl (C=O) groups excluding carboxylic acids is 1. The highest BCUT2D eigenvalue weighted by molar-refractivity contribution is 5.76. The lowest BCUT2D eigenvalue weighted by Gasteiger charge is -2.16. The number of esters is 1. The summed E-state index contributed by atoms with van der Waals surface area (Å²) in [5.74, 6) is -0.177. The molecule has 10 heavy (non-hydrogen) atoms. The minimum atomic E-state index is -0.177. The first-order chi connectivity index (χ1) is 4.84. The molecule has 0 saturated carbocycles. The molecule has 0 aromatic heterocycles. The van der Waals surface area contributed by atoms with Gasteiger partial charge in [0.1, 0.15) is 6.04 Å². The summed E-state index contributed by atoms with van der Waals surface area (Å²) in [7, 11) is 1.41. The molecule has 0 fully saturated rings. The summed E-state index contributed by atoms with van der Waals surface area (Å²) >= 11 is 0. The molecule has 0 radical (unpaired) electrons. The van der Waals surface area contributed by atoms with Crippen molar-refractivity contribution in [2.75, 3.05) is 13.7 Å². The molecule has 1 heterocycles.